The molecule has 1 aromatic heterocycles. The highest BCUT2D eigenvalue weighted by atomic mass is 35.5. The van der Waals surface area contributed by atoms with Crippen LogP contribution < -0.4 is 5.32 Å². The minimum absolute atomic E-state index is 0.486. The van der Waals surface area contributed by atoms with Crippen LogP contribution in [0.3, 0.4) is 0 Å². The molecule has 0 amide bonds. The molecular weight excluding hydrogens is 184 g/mol. The predicted octanol–water partition coefficient (Wildman–Crippen LogP) is 1.70. The molecule has 0 fully saturated rings. The zero-order valence-electron chi connectivity index (χ0n) is 7.47. The van der Waals surface area contributed by atoms with Crippen molar-refractivity contribution in [3.8, 4) is 11.8 Å². The maximum Gasteiger partial charge on any atom is 0.130 e. The number of hydrogen-bond acceptors (Lipinski definition) is 2. The summed E-state index contributed by atoms with van der Waals surface area (Å²) in [6.45, 7) is 0.909. The quantitative estimate of drug-likeness (QED) is 0.441. The van der Waals surface area contributed by atoms with Gasteiger partial charge < -0.3 is 5.32 Å². The van der Waals surface area contributed by atoms with Gasteiger partial charge in [-0.25, -0.2) is 4.98 Å². The van der Waals surface area contributed by atoms with Gasteiger partial charge in [-0.05, 0) is 19.2 Å². The van der Waals surface area contributed by atoms with Crippen molar-refractivity contribution in [2.45, 2.75) is 6.42 Å². The van der Waals surface area contributed by atoms with Crippen LogP contribution in [0.25, 0.3) is 0 Å². The van der Waals surface area contributed by atoms with Crippen molar-refractivity contribution in [2.24, 2.45) is 0 Å². The number of hydrogen-bond donors (Lipinski definition) is 1. The Bertz CT molecular complexity index is 325. The lowest BCUT2D eigenvalue weighted by atomic mass is 10.2. The summed E-state index contributed by atoms with van der Waals surface area (Å²) >= 11 is 5.69. The van der Waals surface area contributed by atoms with Crippen LogP contribution in [0.1, 0.15) is 12.0 Å². The van der Waals surface area contributed by atoms with Crippen molar-refractivity contribution in [1.82, 2.24) is 10.3 Å². The number of aromatic nitrogens is 1. The van der Waals surface area contributed by atoms with E-state index in [1.807, 2.05) is 13.1 Å². The minimum Gasteiger partial charge on any atom is -0.319 e. The summed E-state index contributed by atoms with van der Waals surface area (Å²) in [7, 11) is 1.91. The van der Waals surface area contributed by atoms with E-state index in [1.54, 1.807) is 12.3 Å². The zero-order chi connectivity index (χ0) is 9.52. The molecule has 1 heterocycles. The highest BCUT2D eigenvalue weighted by molar-refractivity contribution is 6.29. The van der Waals surface area contributed by atoms with Gasteiger partial charge in [0, 0.05) is 24.7 Å². The largest absolute Gasteiger partial charge is 0.319 e. The van der Waals surface area contributed by atoms with E-state index in [9.17, 15) is 0 Å². The van der Waals surface area contributed by atoms with Gasteiger partial charge in [-0.2, -0.15) is 0 Å². The van der Waals surface area contributed by atoms with E-state index < -0.39 is 0 Å². The molecule has 0 unspecified atom stereocenters. The topological polar surface area (TPSA) is 24.9 Å². The lowest BCUT2D eigenvalue weighted by Crippen LogP contribution is -2.05. The summed E-state index contributed by atoms with van der Waals surface area (Å²) < 4.78 is 0. The van der Waals surface area contributed by atoms with E-state index in [0.29, 0.717) is 5.15 Å². The normalized spacial score (nSPS) is 9.08. The molecule has 1 aromatic rings. The summed E-state index contributed by atoms with van der Waals surface area (Å²) in [6.07, 6.45) is 2.50. The van der Waals surface area contributed by atoms with Crippen LogP contribution in [0.2, 0.25) is 5.15 Å². The van der Waals surface area contributed by atoms with Gasteiger partial charge in [0.2, 0.25) is 0 Å². The number of pyridine rings is 1. The van der Waals surface area contributed by atoms with Crippen LogP contribution in [0, 0.1) is 11.8 Å². The van der Waals surface area contributed by atoms with Crippen LogP contribution >= 0.6 is 11.6 Å². The average molecular weight is 195 g/mol. The molecule has 0 aliphatic rings. The predicted molar refractivity (Wildman–Crippen MR) is 54.7 cm³/mol. The van der Waals surface area contributed by atoms with Gasteiger partial charge in [-0.15, -0.1) is 0 Å². The molecule has 1 N–H and O–H groups in total. The van der Waals surface area contributed by atoms with E-state index in [0.717, 1.165) is 18.5 Å². The summed E-state index contributed by atoms with van der Waals surface area (Å²) in [6, 6.07) is 3.60. The average Bonchev–Trinajstić information content (AvgIpc) is 2.13. The first-order valence-electron chi connectivity index (χ1n) is 4.08. The van der Waals surface area contributed by atoms with E-state index in [2.05, 4.69) is 22.1 Å². The summed E-state index contributed by atoms with van der Waals surface area (Å²) in [4.78, 5) is 3.87. The molecule has 3 heteroatoms. The molecule has 0 bridgehead atoms. The SMILES string of the molecule is CNCCC#Cc1ccnc(Cl)c1. The number of halogens is 1. The van der Waals surface area contributed by atoms with Crippen molar-refractivity contribution in [3.05, 3.63) is 29.0 Å². The first kappa shape index (κ1) is 10.0. The molecule has 0 radical (unpaired) electrons. The smallest absolute Gasteiger partial charge is 0.130 e. The Morgan fingerprint density at radius 3 is 3.15 bits per heavy atom. The van der Waals surface area contributed by atoms with Crippen LogP contribution in [-0.4, -0.2) is 18.6 Å². The second kappa shape index (κ2) is 5.58. The fourth-order valence-electron chi connectivity index (χ4n) is 0.832. The van der Waals surface area contributed by atoms with Crippen molar-refractivity contribution in [3.63, 3.8) is 0 Å². The maximum atomic E-state index is 5.69. The molecule has 0 saturated carbocycles. The highest BCUT2D eigenvalue weighted by Crippen LogP contribution is 2.05. The van der Waals surface area contributed by atoms with Crippen LogP contribution in [0.15, 0.2) is 18.3 Å². The Hall–Kier alpha value is -1.04. The number of rotatable bonds is 2. The maximum absolute atomic E-state index is 5.69. The van der Waals surface area contributed by atoms with Gasteiger partial charge in [-0.3, -0.25) is 0 Å². The molecule has 0 saturated heterocycles. The molecule has 0 spiro atoms. The Labute approximate surface area is 83.3 Å². The molecular formula is C10H11ClN2. The highest BCUT2D eigenvalue weighted by Gasteiger charge is 1.88. The van der Waals surface area contributed by atoms with Crippen molar-refractivity contribution >= 4 is 11.6 Å². The Morgan fingerprint density at radius 2 is 2.46 bits per heavy atom. The molecule has 0 aromatic carbocycles. The second-order valence-corrected chi connectivity index (χ2v) is 2.91. The molecule has 0 aliphatic heterocycles. The van der Waals surface area contributed by atoms with E-state index in [4.69, 9.17) is 11.6 Å². The monoisotopic (exact) mass is 194 g/mol. The number of nitrogens with one attached hydrogen (secondary N) is 1. The van der Waals surface area contributed by atoms with E-state index in [1.165, 1.54) is 0 Å². The summed E-state index contributed by atoms with van der Waals surface area (Å²) in [5.74, 6) is 6.04. The summed E-state index contributed by atoms with van der Waals surface area (Å²) in [5, 5.41) is 3.51. The molecule has 2 nitrogen and oxygen atoms in total. The Morgan fingerprint density at radius 1 is 1.62 bits per heavy atom. The third kappa shape index (κ3) is 3.93. The molecule has 68 valence electrons. The van der Waals surface area contributed by atoms with Crippen LogP contribution in [-0.2, 0) is 0 Å². The third-order valence-electron chi connectivity index (χ3n) is 1.46. The Balaban J connectivity index is 2.56. The first-order chi connectivity index (χ1) is 6.33. The van der Waals surface area contributed by atoms with Gasteiger partial charge >= 0.3 is 0 Å². The standard InChI is InChI=1S/C10H11ClN2/c1-12-6-3-2-4-9-5-7-13-10(11)8-9/h5,7-8,12H,3,6H2,1H3. The van der Waals surface area contributed by atoms with Gasteiger partial charge in [0.25, 0.3) is 0 Å². The zero-order valence-corrected chi connectivity index (χ0v) is 8.23. The lowest BCUT2D eigenvalue weighted by Gasteiger charge is -1.90. The van der Waals surface area contributed by atoms with Crippen molar-refractivity contribution < 1.29 is 0 Å². The minimum atomic E-state index is 0.486. The van der Waals surface area contributed by atoms with Crippen LogP contribution in [0.5, 0.6) is 0 Å². The lowest BCUT2D eigenvalue weighted by molar-refractivity contribution is 0.818. The fraction of sp³-hybridized carbons (Fsp3) is 0.300. The van der Waals surface area contributed by atoms with E-state index in [-0.39, 0.29) is 0 Å². The first-order valence-corrected chi connectivity index (χ1v) is 4.46. The molecule has 0 aliphatic carbocycles. The van der Waals surface area contributed by atoms with Gasteiger partial charge in [-0.1, -0.05) is 23.4 Å². The Kier molecular flexibility index (Phi) is 4.31. The van der Waals surface area contributed by atoms with Gasteiger partial charge in [0.15, 0.2) is 0 Å². The molecule has 0 atom stereocenters. The van der Waals surface area contributed by atoms with Gasteiger partial charge in [0.1, 0.15) is 5.15 Å². The number of nitrogens with zero attached hydrogens (tertiary/aromatic N) is 1. The van der Waals surface area contributed by atoms with Crippen molar-refractivity contribution in [2.75, 3.05) is 13.6 Å². The van der Waals surface area contributed by atoms with Crippen molar-refractivity contribution in [1.29, 1.82) is 0 Å². The third-order valence-corrected chi connectivity index (χ3v) is 1.67. The second-order valence-electron chi connectivity index (χ2n) is 2.52. The summed E-state index contributed by atoms with van der Waals surface area (Å²) in [5.41, 5.74) is 0.913. The van der Waals surface area contributed by atoms with E-state index >= 15 is 0 Å². The molecule has 13 heavy (non-hydrogen) atoms. The van der Waals surface area contributed by atoms with Crippen LogP contribution in [0.4, 0.5) is 0 Å². The molecule has 1 rings (SSSR count). The fourth-order valence-corrected chi connectivity index (χ4v) is 1.01. The van der Waals surface area contributed by atoms with Gasteiger partial charge in [0.05, 0.1) is 0 Å².